The number of rotatable bonds is 16. The highest BCUT2D eigenvalue weighted by molar-refractivity contribution is 5.89. The molecule has 0 aliphatic heterocycles. The number of ether oxygens (including phenoxy) is 2. The molecule has 38 heavy (non-hydrogen) atoms. The third-order valence-corrected chi connectivity index (χ3v) is 5.62. The number of anilines is 1. The fourth-order valence-corrected chi connectivity index (χ4v) is 3.69. The number of carboxylic acid groups (broad SMARTS) is 1. The van der Waals surface area contributed by atoms with Gasteiger partial charge in [0.2, 0.25) is 0 Å². The van der Waals surface area contributed by atoms with E-state index in [1.807, 2.05) is 0 Å². The van der Waals surface area contributed by atoms with Crippen molar-refractivity contribution in [3.05, 3.63) is 59.9 Å². The zero-order valence-corrected chi connectivity index (χ0v) is 21.3. The Kier molecular flexibility index (Phi) is 12.8. The molecule has 2 N–H and O–H groups in total. The van der Waals surface area contributed by atoms with E-state index in [0.717, 1.165) is 5.56 Å². The van der Waals surface area contributed by atoms with Crippen LogP contribution in [0.4, 0.5) is 28.0 Å². The molecule has 2 rings (SSSR count). The van der Waals surface area contributed by atoms with Crippen molar-refractivity contribution in [3.63, 3.8) is 0 Å². The number of halogens is 4. The Morgan fingerprint density at radius 2 is 1.74 bits per heavy atom. The van der Waals surface area contributed by atoms with Gasteiger partial charge in [0.05, 0.1) is 6.54 Å². The third-order valence-electron chi connectivity index (χ3n) is 5.62. The summed E-state index contributed by atoms with van der Waals surface area (Å²) in [6.07, 6.45) is -4.26. The van der Waals surface area contributed by atoms with Crippen LogP contribution in [0.1, 0.15) is 44.6 Å². The first-order valence-electron chi connectivity index (χ1n) is 12.5. The van der Waals surface area contributed by atoms with Crippen LogP contribution in [0.2, 0.25) is 0 Å². The molecular weight excluding hydrogens is 508 g/mol. The van der Waals surface area contributed by atoms with Crippen LogP contribution in [-0.2, 0) is 16.0 Å². The molecule has 0 heterocycles. The van der Waals surface area contributed by atoms with E-state index in [-0.39, 0.29) is 38.3 Å². The van der Waals surface area contributed by atoms with Gasteiger partial charge in [-0.2, -0.15) is 13.2 Å². The number of nitrogens with zero attached hydrogens (tertiary/aromatic N) is 1. The highest BCUT2D eigenvalue weighted by Gasteiger charge is 2.25. The number of alkyl halides is 3. The fraction of sp³-hybridized carbons (Fsp3) is 0.481. The second-order valence-electron chi connectivity index (χ2n) is 8.69. The average molecular weight is 543 g/mol. The van der Waals surface area contributed by atoms with Crippen LogP contribution in [0, 0.1) is 5.82 Å². The van der Waals surface area contributed by atoms with Gasteiger partial charge in [-0.1, -0.05) is 31.0 Å². The third kappa shape index (κ3) is 12.3. The molecule has 0 spiro atoms. The van der Waals surface area contributed by atoms with E-state index in [1.165, 1.54) is 23.1 Å². The molecule has 1 unspecified atom stereocenters. The SMILES string of the molecule is CCOC(Cc1ccc(OCCN(CCCCCCC(F)(F)F)C(=O)Nc2cccc(F)c2)cc1)C(=O)O. The van der Waals surface area contributed by atoms with Crippen LogP contribution >= 0.6 is 0 Å². The van der Waals surface area contributed by atoms with Crippen LogP contribution in [0.25, 0.3) is 0 Å². The largest absolute Gasteiger partial charge is 0.492 e. The smallest absolute Gasteiger partial charge is 0.389 e. The Balaban J connectivity index is 1.89. The predicted molar refractivity (Wildman–Crippen MR) is 135 cm³/mol. The molecule has 2 aromatic rings. The molecule has 0 aliphatic carbocycles. The van der Waals surface area contributed by atoms with E-state index in [0.29, 0.717) is 31.6 Å². The van der Waals surface area contributed by atoms with E-state index in [9.17, 15) is 32.3 Å². The van der Waals surface area contributed by atoms with Crippen molar-refractivity contribution >= 4 is 17.7 Å². The molecule has 1 atom stereocenters. The van der Waals surface area contributed by atoms with Gasteiger partial charge in [-0.15, -0.1) is 0 Å². The predicted octanol–water partition coefficient (Wildman–Crippen LogP) is 6.28. The van der Waals surface area contributed by atoms with E-state index >= 15 is 0 Å². The summed E-state index contributed by atoms with van der Waals surface area (Å²) in [5, 5.41) is 11.9. The second kappa shape index (κ2) is 15.8. The maximum absolute atomic E-state index is 13.5. The Morgan fingerprint density at radius 3 is 2.37 bits per heavy atom. The Hall–Kier alpha value is -3.34. The quantitative estimate of drug-likeness (QED) is 0.192. The summed E-state index contributed by atoms with van der Waals surface area (Å²) in [7, 11) is 0. The van der Waals surface area contributed by atoms with Crippen LogP contribution in [0.15, 0.2) is 48.5 Å². The Labute approximate surface area is 219 Å². The molecule has 0 saturated carbocycles. The summed E-state index contributed by atoms with van der Waals surface area (Å²) in [5.74, 6) is -1.01. The van der Waals surface area contributed by atoms with Crippen molar-refractivity contribution in [2.24, 2.45) is 0 Å². The van der Waals surface area contributed by atoms with Gasteiger partial charge in [-0.05, 0) is 55.7 Å². The Morgan fingerprint density at radius 1 is 1.03 bits per heavy atom. The number of nitrogens with one attached hydrogen (secondary N) is 1. The van der Waals surface area contributed by atoms with Gasteiger partial charge in [0.25, 0.3) is 0 Å². The monoisotopic (exact) mass is 542 g/mol. The van der Waals surface area contributed by atoms with Crippen LogP contribution in [-0.4, -0.2) is 60.6 Å². The lowest BCUT2D eigenvalue weighted by atomic mass is 10.1. The average Bonchev–Trinajstić information content (AvgIpc) is 2.85. The molecule has 0 aromatic heterocycles. The van der Waals surface area contributed by atoms with Crippen molar-refractivity contribution in [2.45, 2.75) is 57.7 Å². The standard InChI is InChI=1S/C27H34F4N2O5/c1-2-37-24(25(34)35)18-20-10-12-23(13-11-20)38-17-16-33(15-6-4-3-5-14-27(29,30)31)26(36)32-22-9-7-8-21(28)19-22/h7-13,19,24H,2-6,14-18H2,1H3,(H,32,36)(H,34,35). The highest BCUT2D eigenvalue weighted by atomic mass is 19.4. The first-order chi connectivity index (χ1) is 18.1. The van der Waals surface area contributed by atoms with Crippen LogP contribution in [0.3, 0.4) is 0 Å². The van der Waals surface area contributed by atoms with Gasteiger partial charge >= 0.3 is 18.2 Å². The van der Waals surface area contributed by atoms with Gasteiger partial charge in [0.1, 0.15) is 18.2 Å². The maximum atomic E-state index is 13.5. The molecule has 0 aliphatic rings. The lowest BCUT2D eigenvalue weighted by molar-refractivity contribution is -0.150. The van der Waals surface area contributed by atoms with Crippen LogP contribution in [0.5, 0.6) is 5.75 Å². The number of amides is 2. The van der Waals surface area contributed by atoms with E-state index in [1.54, 1.807) is 37.3 Å². The lowest BCUT2D eigenvalue weighted by Gasteiger charge is -2.23. The van der Waals surface area contributed by atoms with Gasteiger partial charge < -0.3 is 24.8 Å². The number of urea groups is 1. The minimum Gasteiger partial charge on any atom is -0.492 e. The maximum Gasteiger partial charge on any atom is 0.389 e. The minimum atomic E-state index is -4.17. The van der Waals surface area contributed by atoms with Gasteiger partial charge in [0.15, 0.2) is 6.10 Å². The van der Waals surface area contributed by atoms with Crippen molar-refractivity contribution in [2.75, 3.05) is 31.6 Å². The normalized spacial score (nSPS) is 12.1. The van der Waals surface area contributed by atoms with Crippen molar-refractivity contribution in [3.8, 4) is 5.75 Å². The van der Waals surface area contributed by atoms with Crippen molar-refractivity contribution < 1.29 is 41.7 Å². The molecule has 2 amide bonds. The minimum absolute atomic E-state index is 0.0376. The first-order valence-corrected chi connectivity index (χ1v) is 12.5. The number of hydrogen-bond donors (Lipinski definition) is 2. The number of carboxylic acids is 1. The summed E-state index contributed by atoms with van der Waals surface area (Å²) in [4.78, 5) is 25.5. The first kappa shape index (κ1) is 30.9. The van der Waals surface area contributed by atoms with Gasteiger partial charge in [-0.3, -0.25) is 0 Å². The van der Waals surface area contributed by atoms with Crippen LogP contribution < -0.4 is 10.1 Å². The number of benzene rings is 2. The Bertz CT molecular complexity index is 1000. The second-order valence-corrected chi connectivity index (χ2v) is 8.69. The molecule has 0 saturated heterocycles. The summed E-state index contributed by atoms with van der Waals surface area (Å²) < 4.78 is 61.4. The molecular formula is C27H34F4N2O5. The fourth-order valence-electron chi connectivity index (χ4n) is 3.69. The zero-order chi connectivity index (χ0) is 28.0. The van der Waals surface area contributed by atoms with E-state index in [4.69, 9.17) is 9.47 Å². The molecule has 0 radical (unpaired) electrons. The van der Waals surface area contributed by atoms with Gasteiger partial charge in [0, 0.05) is 31.7 Å². The number of hydrogen-bond acceptors (Lipinski definition) is 4. The molecule has 0 fully saturated rings. The molecule has 0 bridgehead atoms. The topological polar surface area (TPSA) is 88.1 Å². The van der Waals surface area contributed by atoms with Crippen molar-refractivity contribution in [1.29, 1.82) is 0 Å². The highest BCUT2D eigenvalue weighted by Crippen LogP contribution is 2.23. The number of carbonyl (C=O) groups is 2. The lowest BCUT2D eigenvalue weighted by Crippen LogP contribution is -2.38. The van der Waals surface area contributed by atoms with E-state index < -0.39 is 36.5 Å². The molecule has 2 aromatic carbocycles. The van der Waals surface area contributed by atoms with E-state index in [2.05, 4.69) is 5.32 Å². The zero-order valence-electron chi connectivity index (χ0n) is 21.3. The molecule has 210 valence electrons. The summed E-state index contributed by atoms with van der Waals surface area (Å²) in [5.41, 5.74) is 1.05. The number of aliphatic carboxylic acids is 1. The number of unbranched alkanes of at least 4 members (excludes halogenated alkanes) is 3. The van der Waals surface area contributed by atoms with Crippen molar-refractivity contribution in [1.82, 2.24) is 4.90 Å². The molecule has 7 nitrogen and oxygen atoms in total. The van der Waals surface area contributed by atoms with Gasteiger partial charge in [-0.25, -0.2) is 14.0 Å². The summed E-state index contributed by atoms with van der Waals surface area (Å²) >= 11 is 0. The molecule has 11 heteroatoms. The summed E-state index contributed by atoms with van der Waals surface area (Å²) in [6.45, 7) is 2.64. The number of carbonyl (C=O) groups excluding carboxylic acids is 1. The summed E-state index contributed by atoms with van der Waals surface area (Å²) in [6, 6.07) is 11.8.